The maximum atomic E-state index is 12.2. The van der Waals surface area contributed by atoms with Gasteiger partial charge in [0.2, 0.25) is 0 Å². The molecule has 0 heterocycles. The Bertz CT molecular complexity index is 519. The second kappa shape index (κ2) is 5.49. The summed E-state index contributed by atoms with van der Waals surface area (Å²) in [5, 5.41) is 0.291. The minimum absolute atomic E-state index is 0.140. The average molecular weight is 350 g/mol. The van der Waals surface area contributed by atoms with E-state index in [2.05, 4.69) is 20.7 Å². The summed E-state index contributed by atoms with van der Waals surface area (Å²) in [6.45, 7) is -3.10. The lowest BCUT2D eigenvalue weighted by Gasteiger charge is -2.13. The lowest BCUT2D eigenvalue weighted by Crippen LogP contribution is -2.09. The lowest BCUT2D eigenvalue weighted by molar-refractivity contribution is -0.0522. The Labute approximate surface area is 111 Å². The Morgan fingerprint density at radius 1 is 1.47 bits per heavy atom. The van der Waals surface area contributed by atoms with Crippen LogP contribution in [0.1, 0.15) is 5.56 Å². The number of rotatable bonds is 4. The largest absolute Gasteiger partial charge is 0.433 e. The van der Waals surface area contributed by atoms with Crippen molar-refractivity contribution in [3.05, 3.63) is 22.7 Å². The molecule has 0 atom stereocenters. The van der Waals surface area contributed by atoms with Crippen molar-refractivity contribution >= 4 is 37.4 Å². The van der Waals surface area contributed by atoms with Crippen molar-refractivity contribution in [2.45, 2.75) is 16.8 Å². The fraction of sp³-hybridized carbons (Fsp3) is 0.333. The van der Waals surface area contributed by atoms with E-state index in [1.165, 1.54) is 6.07 Å². The predicted octanol–water partition coefficient (Wildman–Crippen LogP) is 3.24. The molecule has 0 radical (unpaired) electrons. The summed E-state index contributed by atoms with van der Waals surface area (Å²) in [7, 11) is -3.70. The molecule has 0 unspecified atom stereocenters. The number of ether oxygens (including phenoxy) is 1. The highest BCUT2D eigenvalue weighted by molar-refractivity contribution is 9.08. The van der Waals surface area contributed by atoms with Gasteiger partial charge in [0.25, 0.3) is 0 Å². The smallest absolute Gasteiger partial charge is 0.387 e. The van der Waals surface area contributed by atoms with Gasteiger partial charge in [-0.1, -0.05) is 27.5 Å². The van der Waals surface area contributed by atoms with Crippen molar-refractivity contribution in [2.75, 3.05) is 6.26 Å². The summed E-state index contributed by atoms with van der Waals surface area (Å²) in [6, 6.07) is 2.45. The van der Waals surface area contributed by atoms with E-state index in [9.17, 15) is 17.2 Å². The molecule has 8 heteroatoms. The van der Waals surface area contributed by atoms with Gasteiger partial charge >= 0.3 is 6.61 Å². The fourth-order valence-electron chi connectivity index (χ4n) is 1.22. The first-order chi connectivity index (χ1) is 7.75. The normalized spacial score (nSPS) is 11.9. The van der Waals surface area contributed by atoms with E-state index in [4.69, 9.17) is 11.6 Å². The standard InChI is InChI=1S/C9H8BrClF2O3S/c1-17(14,15)7-3-6(11)2-5(4-10)8(7)16-9(12)13/h2-3,9H,4H2,1H3. The van der Waals surface area contributed by atoms with Crippen LogP contribution in [0.3, 0.4) is 0 Å². The number of hydrogen-bond acceptors (Lipinski definition) is 3. The van der Waals surface area contributed by atoms with Crippen molar-refractivity contribution in [1.29, 1.82) is 0 Å². The number of hydrogen-bond donors (Lipinski definition) is 0. The first-order valence-electron chi connectivity index (χ1n) is 4.29. The van der Waals surface area contributed by atoms with Crippen LogP contribution in [-0.4, -0.2) is 21.3 Å². The summed E-state index contributed by atoms with van der Waals surface area (Å²) in [4.78, 5) is -0.347. The van der Waals surface area contributed by atoms with E-state index >= 15 is 0 Å². The molecule has 0 saturated heterocycles. The molecular weight excluding hydrogens is 342 g/mol. The van der Waals surface area contributed by atoms with Gasteiger partial charge in [0.1, 0.15) is 10.6 Å². The van der Waals surface area contributed by atoms with Crippen molar-refractivity contribution < 1.29 is 21.9 Å². The van der Waals surface area contributed by atoms with E-state index in [-0.39, 0.29) is 26.6 Å². The minimum atomic E-state index is -3.70. The van der Waals surface area contributed by atoms with Gasteiger partial charge in [-0.2, -0.15) is 8.78 Å². The Balaban J connectivity index is 3.50. The summed E-state index contributed by atoms with van der Waals surface area (Å²) >= 11 is 8.77. The first-order valence-corrected chi connectivity index (χ1v) is 7.68. The van der Waals surface area contributed by atoms with Crippen molar-refractivity contribution in [1.82, 2.24) is 0 Å². The van der Waals surface area contributed by atoms with Crippen LogP contribution in [0.2, 0.25) is 5.02 Å². The summed E-state index contributed by atoms with van der Waals surface area (Å²) in [6.07, 6.45) is 0.898. The van der Waals surface area contributed by atoms with Crippen LogP contribution in [0, 0.1) is 0 Å². The molecular formula is C9H8BrClF2O3S. The number of halogens is 4. The van der Waals surface area contributed by atoms with E-state index in [0.717, 1.165) is 12.3 Å². The molecule has 1 aromatic carbocycles. The van der Waals surface area contributed by atoms with Gasteiger partial charge in [-0.15, -0.1) is 0 Å². The lowest BCUT2D eigenvalue weighted by atomic mass is 10.2. The third-order valence-electron chi connectivity index (χ3n) is 1.85. The van der Waals surface area contributed by atoms with Gasteiger partial charge in [-0.3, -0.25) is 0 Å². The number of sulfone groups is 1. The van der Waals surface area contributed by atoms with Gasteiger partial charge in [0.15, 0.2) is 9.84 Å². The molecule has 1 aromatic rings. The second-order valence-electron chi connectivity index (χ2n) is 3.18. The monoisotopic (exact) mass is 348 g/mol. The molecule has 3 nitrogen and oxygen atoms in total. The predicted molar refractivity (Wildman–Crippen MR) is 63.8 cm³/mol. The summed E-state index contributed by atoms with van der Waals surface area (Å²) < 4.78 is 51.6. The SMILES string of the molecule is CS(=O)(=O)c1cc(Cl)cc(CBr)c1OC(F)F. The van der Waals surface area contributed by atoms with Crippen molar-refractivity contribution in [2.24, 2.45) is 0 Å². The van der Waals surface area contributed by atoms with E-state index in [1.807, 2.05) is 0 Å². The average Bonchev–Trinajstić information content (AvgIpc) is 2.17. The molecule has 0 aliphatic rings. The molecule has 0 fully saturated rings. The highest BCUT2D eigenvalue weighted by Gasteiger charge is 2.21. The van der Waals surface area contributed by atoms with Gasteiger partial charge in [-0.25, -0.2) is 8.42 Å². The van der Waals surface area contributed by atoms with Crippen LogP contribution in [0.25, 0.3) is 0 Å². The van der Waals surface area contributed by atoms with Crippen LogP contribution in [-0.2, 0) is 15.2 Å². The molecule has 17 heavy (non-hydrogen) atoms. The van der Waals surface area contributed by atoms with Gasteiger partial charge < -0.3 is 4.74 Å². The van der Waals surface area contributed by atoms with Crippen LogP contribution < -0.4 is 4.74 Å². The van der Waals surface area contributed by atoms with Crippen molar-refractivity contribution in [3.63, 3.8) is 0 Å². The zero-order valence-electron chi connectivity index (χ0n) is 8.58. The maximum absolute atomic E-state index is 12.2. The highest BCUT2D eigenvalue weighted by Crippen LogP contribution is 2.34. The first kappa shape index (κ1) is 14.7. The van der Waals surface area contributed by atoms with E-state index in [1.54, 1.807) is 0 Å². The highest BCUT2D eigenvalue weighted by atomic mass is 79.9. The van der Waals surface area contributed by atoms with E-state index < -0.39 is 16.4 Å². The molecule has 96 valence electrons. The second-order valence-corrected chi connectivity index (χ2v) is 6.16. The number of benzene rings is 1. The third-order valence-corrected chi connectivity index (χ3v) is 3.77. The Morgan fingerprint density at radius 3 is 2.47 bits per heavy atom. The van der Waals surface area contributed by atoms with Crippen LogP contribution in [0.4, 0.5) is 8.78 Å². The van der Waals surface area contributed by atoms with Crippen LogP contribution >= 0.6 is 27.5 Å². The van der Waals surface area contributed by atoms with Crippen LogP contribution in [0.15, 0.2) is 17.0 Å². The molecule has 1 rings (SSSR count). The van der Waals surface area contributed by atoms with E-state index in [0.29, 0.717) is 0 Å². The third kappa shape index (κ3) is 3.79. The van der Waals surface area contributed by atoms with Gasteiger partial charge in [0.05, 0.1) is 0 Å². The Morgan fingerprint density at radius 2 is 2.06 bits per heavy atom. The van der Waals surface area contributed by atoms with Crippen LogP contribution in [0.5, 0.6) is 5.75 Å². The Kier molecular flexibility index (Phi) is 4.74. The zero-order valence-corrected chi connectivity index (χ0v) is 11.7. The topological polar surface area (TPSA) is 43.4 Å². The summed E-state index contributed by atoms with van der Waals surface area (Å²) in [5.74, 6) is -0.372. The molecule has 0 N–H and O–H groups in total. The van der Waals surface area contributed by atoms with Gasteiger partial charge in [0, 0.05) is 22.2 Å². The molecule has 0 aliphatic heterocycles. The maximum Gasteiger partial charge on any atom is 0.387 e. The minimum Gasteiger partial charge on any atom is -0.433 e. The number of alkyl halides is 3. The van der Waals surface area contributed by atoms with Crippen molar-refractivity contribution in [3.8, 4) is 5.75 Å². The molecule has 0 saturated carbocycles. The van der Waals surface area contributed by atoms with Gasteiger partial charge in [-0.05, 0) is 12.1 Å². The molecule has 0 amide bonds. The molecule has 0 aromatic heterocycles. The molecule has 0 bridgehead atoms. The molecule has 0 aliphatic carbocycles. The molecule has 0 spiro atoms. The fourth-order valence-corrected chi connectivity index (χ4v) is 2.80. The quantitative estimate of drug-likeness (QED) is 0.784. The Hall–Kier alpha value is -0.400. The summed E-state index contributed by atoms with van der Waals surface area (Å²) in [5.41, 5.74) is 0.248. The zero-order chi connectivity index (χ0) is 13.2.